The van der Waals surface area contributed by atoms with Gasteiger partial charge in [0.25, 0.3) is 0 Å². The van der Waals surface area contributed by atoms with Crippen LogP contribution < -0.4 is 5.32 Å². The van der Waals surface area contributed by atoms with Crippen LogP contribution in [0, 0.1) is 17.8 Å². The topological polar surface area (TPSA) is 49.4 Å². The van der Waals surface area contributed by atoms with Crippen LogP contribution in [0.2, 0.25) is 0 Å². The highest BCUT2D eigenvalue weighted by Crippen LogP contribution is 2.20. The molecule has 0 radical (unpaired) electrons. The van der Waals surface area contributed by atoms with Crippen LogP contribution >= 0.6 is 0 Å². The Morgan fingerprint density at radius 3 is 2.19 bits per heavy atom. The number of nitrogens with zero attached hydrogens (tertiary/aromatic N) is 1. The molecular formula is C23H36N2O2. The van der Waals surface area contributed by atoms with Gasteiger partial charge in [-0.1, -0.05) is 58.0 Å². The first-order chi connectivity index (χ1) is 13.0. The number of hydrogen-bond acceptors (Lipinski definition) is 2. The molecule has 0 bridgehead atoms. The summed E-state index contributed by atoms with van der Waals surface area (Å²) >= 11 is 0. The lowest BCUT2D eigenvalue weighted by Gasteiger charge is -2.35. The van der Waals surface area contributed by atoms with E-state index < -0.39 is 0 Å². The number of carbonyl (C=O) groups excluding carboxylic acids is 2. The fraction of sp³-hybridized carbons (Fsp3) is 0.652. The molecule has 1 heterocycles. The van der Waals surface area contributed by atoms with Crippen LogP contribution in [-0.2, 0) is 16.0 Å². The zero-order chi connectivity index (χ0) is 19.8. The molecule has 2 amide bonds. The molecule has 150 valence electrons. The quantitative estimate of drug-likeness (QED) is 0.748. The Bertz CT molecular complexity index is 588. The van der Waals surface area contributed by atoms with Crippen molar-refractivity contribution >= 4 is 11.8 Å². The lowest BCUT2D eigenvalue weighted by atomic mass is 9.88. The molecule has 1 atom stereocenters. The van der Waals surface area contributed by atoms with E-state index in [1.165, 1.54) is 5.56 Å². The highest BCUT2D eigenvalue weighted by Gasteiger charge is 2.29. The minimum Gasteiger partial charge on any atom is -0.353 e. The summed E-state index contributed by atoms with van der Waals surface area (Å²) in [5.41, 5.74) is 1.21. The molecule has 1 saturated heterocycles. The van der Waals surface area contributed by atoms with Crippen molar-refractivity contribution in [3.63, 3.8) is 0 Å². The molecule has 2 rings (SSSR count). The van der Waals surface area contributed by atoms with Crippen LogP contribution in [0.4, 0.5) is 0 Å². The summed E-state index contributed by atoms with van der Waals surface area (Å²) in [4.78, 5) is 27.4. The molecule has 1 aliphatic rings. The Kier molecular flexibility index (Phi) is 8.33. The summed E-state index contributed by atoms with van der Waals surface area (Å²) in [6, 6.07) is 10.4. The molecule has 0 aromatic heterocycles. The van der Waals surface area contributed by atoms with Gasteiger partial charge in [-0.2, -0.15) is 0 Å². The van der Waals surface area contributed by atoms with E-state index in [1.54, 1.807) is 0 Å². The fourth-order valence-electron chi connectivity index (χ4n) is 3.95. The maximum atomic E-state index is 12.9. The molecule has 0 spiro atoms. The number of rotatable bonds is 8. The predicted octanol–water partition coefficient (Wildman–Crippen LogP) is 4.04. The van der Waals surface area contributed by atoms with Gasteiger partial charge in [0.2, 0.25) is 11.8 Å². The predicted molar refractivity (Wildman–Crippen MR) is 110 cm³/mol. The van der Waals surface area contributed by atoms with Crippen molar-refractivity contribution in [1.82, 2.24) is 10.2 Å². The summed E-state index contributed by atoms with van der Waals surface area (Å²) in [6.07, 6.45) is 4.29. The summed E-state index contributed by atoms with van der Waals surface area (Å²) in [5, 5.41) is 3.26. The minimum atomic E-state index is -0.0170. The lowest BCUT2D eigenvalue weighted by Crippen LogP contribution is -2.49. The number of carbonyl (C=O) groups is 2. The highest BCUT2D eigenvalue weighted by atomic mass is 16.2. The van der Waals surface area contributed by atoms with E-state index in [4.69, 9.17) is 0 Å². The molecule has 1 aromatic rings. The summed E-state index contributed by atoms with van der Waals surface area (Å²) < 4.78 is 0. The van der Waals surface area contributed by atoms with Gasteiger partial charge in [0, 0.05) is 31.0 Å². The molecule has 4 heteroatoms. The van der Waals surface area contributed by atoms with Gasteiger partial charge in [-0.05, 0) is 43.6 Å². The van der Waals surface area contributed by atoms with Crippen molar-refractivity contribution in [2.24, 2.45) is 17.8 Å². The van der Waals surface area contributed by atoms with Crippen LogP contribution in [0.3, 0.4) is 0 Å². The van der Waals surface area contributed by atoms with Crippen LogP contribution in [0.5, 0.6) is 0 Å². The highest BCUT2D eigenvalue weighted by molar-refractivity contribution is 5.80. The van der Waals surface area contributed by atoms with E-state index in [-0.39, 0.29) is 29.7 Å². The second-order valence-electron chi connectivity index (χ2n) is 8.16. The first-order valence-electron chi connectivity index (χ1n) is 10.6. The van der Waals surface area contributed by atoms with E-state index in [0.717, 1.165) is 45.2 Å². The second-order valence-corrected chi connectivity index (χ2v) is 8.16. The molecular weight excluding hydrogens is 336 g/mol. The number of benzene rings is 1. The van der Waals surface area contributed by atoms with Gasteiger partial charge in [0.1, 0.15) is 0 Å². The summed E-state index contributed by atoms with van der Waals surface area (Å²) in [7, 11) is 0. The normalized spacial score (nSPS) is 16.6. The van der Waals surface area contributed by atoms with Crippen molar-refractivity contribution in [2.45, 2.75) is 65.8 Å². The monoisotopic (exact) mass is 372 g/mol. The zero-order valence-electron chi connectivity index (χ0n) is 17.4. The van der Waals surface area contributed by atoms with Crippen LogP contribution in [0.15, 0.2) is 30.3 Å². The van der Waals surface area contributed by atoms with E-state index in [1.807, 2.05) is 23.1 Å². The van der Waals surface area contributed by atoms with Gasteiger partial charge in [0.05, 0.1) is 0 Å². The maximum absolute atomic E-state index is 12.9. The Hall–Kier alpha value is -1.84. The molecule has 1 fully saturated rings. The molecule has 1 aliphatic heterocycles. The van der Waals surface area contributed by atoms with Gasteiger partial charge >= 0.3 is 0 Å². The Morgan fingerprint density at radius 2 is 1.67 bits per heavy atom. The standard InChI is InChI=1S/C23H36N2O2/c1-5-19(6-2)23(27)25-14-12-20(13-15-25)24-22(26)21(17(3)4)16-18-10-8-7-9-11-18/h7-11,17,19-21H,5-6,12-16H2,1-4H3,(H,24,26). The smallest absolute Gasteiger partial charge is 0.225 e. The van der Waals surface area contributed by atoms with Crippen molar-refractivity contribution in [1.29, 1.82) is 0 Å². The Balaban J connectivity index is 1.87. The number of nitrogens with one attached hydrogen (secondary N) is 1. The van der Waals surface area contributed by atoms with Gasteiger partial charge in [-0.3, -0.25) is 9.59 Å². The Labute approximate surface area is 164 Å². The number of hydrogen-bond donors (Lipinski definition) is 1. The van der Waals surface area contributed by atoms with Crippen LogP contribution in [0.25, 0.3) is 0 Å². The van der Waals surface area contributed by atoms with Crippen molar-refractivity contribution in [3.05, 3.63) is 35.9 Å². The largest absolute Gasteiger partial charge is 0.353 e. The van der Waals surface area contributed by atoms with E-state index in [0.29, 0.717) is 5.92 Å². The average molecular weight is 373 g/mol. The average Bonchev–Trinajstić information content (AvgIpc) is 2.68. The van der Waals surface area contributed by atoms with Gasteiger partial charge < -0.3 is 10.2 Å². The Morgan fingerprint density at radius 1 is 1.07 bits per heavy atom. The number of piperidine rings is 1. The molecule has 1 unspecified atom stereocenters. The van der Waals surface area contributed by atoms with E-state index in [9.17, 15) is 9.59 Å². The number of likely N-dealkylation sites (tertiary alicyclic amines) is 1. The van der Waals surface area contributed by atoms with Gasteiger partial charge in [0.15, 0.2) is 0 Å². The molecule has 0 saturated carbocycles. The third kappa shape index (κ3) is 6.08. The minimum absolute atomic E-state index is 0.0170. The third-order valence-electron chi connectivity index (χ3n) is 5.93. The maximum Gasteiger partial charge on any atom is 0.225 e. The van der Waals surface area contributed by atoms with Gasteiger partial charge in [-0.25, -0.2) is 0 Å². The molecule has 1 aromatic carbocycles. The van der Waals surface area contributed by atoms with E-state index in [2.05, 4.69) is 45.1 Å². The van der Waals surface area contributed by atoms with Crippen LogP contribution in [0.1, 0.15) is 58.9 Å². The molecule has 1 N–H and O–H groups in total. The third-order valence-corrected chi connectivity index (χ3v) is 5.93. The number of amides is 2. The second kappa shape index (κ2) is 10.5. The van der Waals surface area contributed by atoms with Crippen molar-refractivity contribution < 1.29 is 9.59 Å². The summed E-state index contributed by atoms with van der Waals surface area (Å²) in [5.74, 6) is 0.859. The summed E-state index contributed by atoms with van der Waals surface area (Å²) in [6.45, 7) is 9.90. The van der Waals surface area contributed by atoms with Crippen LogP contribution in [-0.4, -0.2) is 35.8 Å². The SMILES string of the molecule is CCC(CC)C(=O)N1CCC(NC(=O)C(Cc2ccccc2)C(C)C)CC1. The zero-order valence-corrected chi connectivity index (χ0v) is 17.4. The van der Waals surface area contributed by atoms with E-state index >= 15 is 0 Å². The van der Waals surface area contributed by atoms with Crippen molar-refractivity contribution in [3.8, 4) is 0 Å². The molecule has 0 aliphatic carbocycles. The fourth-order valence-corrected chi connectivity index (χ4v) is 3.95. The lowest BCUT2D eigenvalue weighted by molar-refractivity contribution is -0.137. The molecule has 27 heavy (non-hydrogen) atoms. The molecule has 4 nitrogen and oxygen atoms in total. The van der Waals surface area contributed by atoms with Gasteiger partial charge in [-0.15, -0.1) is 0 Å². The first kappa shape index (κ1) is 21.5. The first-order valence-corrected chi connectivity index (χ1v) is 10.6. The van der Waals surface area contributed by atoms with Crippen molar-refractivity contribution in [2.75, 3.05) is 13.1 Å².